The molecule has 1 atom stereocenters. The van der Waals surface area contributed by atoms with Crippen molar-refractivity contribution in [2.75, 3.05) is 13.2 Å². The number of rotatable bonds is 25. The first-order chi connectivity index (χ1) is 17.6. The lowest BCUT2D eigenvalue weighted by Gasteiger charge is -2.15. The van der Waals surface area contributed by atoms with Crippen LogP contribution in [0.2, 0.25) is 0 Å². The van der Waals surface area contributed by atoms with Gasteiger partial charge in [0.15, 0.2) is 6.10 Å². The van der Waals surface area contributed by atoms with E-state index >= 15 is 0 Å². The molecule has 5 heteroatoms. The largest absolute Gasteiger partial charge is 0.462 e. The molecule has 5 nitrogen and oxygen atoms in total. The van der Waals surface area contributed by atoms with Crippen molar-refractivity contribution in [3.63, 3.8) is 0 Å². The molecule has 0 saturated heterocycles. The summed E-state index contributed by atoms with van der Waals surface area (Å²) < 4.78 is 10.5. The second-order valence-electron chi connectivity index (χ2n) is 9.51. The lowest BCUT2D eigenvalue weighted by Crippen LogP contribution is -2.28. The van der Waals surface area contributed by atoms with Crippen LogP contribution in [0.1, 0.15) is 129 Å². The molecule has 0 aromatic rings. The predicted octanol–water partition coefficient (Wildman–Crippen LogP) is 8.16. The summed E-state index contributed by atoms with van der Waals surface area (Å²) in [6, 6.07) is 0. The van der Waals surface area contributed by atoms with Crippen LogP contribution in [-0.2, 0) is 19.1 Å². The van der Waals surface area contributed by atoms with E-state index in [1.165, 1.54) is 38.5 Å². The van der Waals surface area contributed by atoms with E-state index in [9.17, 15) is 14.7 Å². The highest BCUT2D eigenvalue weighted by atomic mass is 16.6. The van der Waals surface area contributed by atoms with Crippen LogP contribution >= 0.6 is 0 Å². The predicted molar refractivity (Wildman–Crippen MR) is 150 cm³/mol. The smallest absolute Gasteiger partial charge is 0.306 e. The molecular weight excluding hydrogens is 452 g/mol. The zero-order valence-corrected chi connectivity index (χ0v) is 23.3. The fourth-order valence-corrected chi connectivity index (χ4v) is 3.79. The van der Waals surface area contributed by atoms with Gasteiger partial charge < -0.3 is 14.6 Å². The van der Waals surface area contributed by atoms with E-state index in [-0.39, 0.29) is 25.2 Å². The van der Waals surface area contributed by atoms with Crippen molar-refractivity contribution in [3.8, 4) is 0 Å². The second kappa shape index (κ2) is 27.7. The minimum Gasteiger partial charge on any atom is -0.462 e. The summed E-state index contributed by atoms with van der Waals surface area (Å²) >= 11 is 0. The van der Waals surface area contributed by atoms with Crippen LogP contribution in [0.3, 0.4) is 0 Å². The van der Waals surface area contributed by atoms with E-state index in [1.54, 1.807) is 0 Å². The van der Waals surface area contributed by atoms with Crippen molar-refractivity contribution < 1.29 is 24.2 Å². The first kappa shape index (κ1) is 34.1. The highest BCUT2D eigenvalue weighted by Gasteiger charge is 2.16. The van der Waals surface area contributed by atoms with Crippen molar-refractivity contribution in [1.82, 2.24) is 0 Å². The van der Waals surface area contributed by atoms with E-state index in [1.807, 2.05) is 6.08 Å². The minimum absolute atomic E-state index is 0.0755. The first-order valence-corrected chi connectivity index (χ1v) is 14.6. The number of allylic oxidation sites excluding steroid dienone is 6. The fourth-order valence-electron chi connectivity index (χ4n) is 3.79. The Morgan fingerprint density at radius 3 is 1.78 bits per heavy atom. The molecule has 1 unspecified atom stereocenters. The average molecular weight is 507 g/mol. The Morgan fingerprint density at radius 2 is 1.19 bits per heavy atom. The van der Waals surface area contributed by atoms with Crippen LogP contribution in [0.5, 0.6) is 0 Å². The van der Waals surface area contributed by atoms with Crippen molar-refractivity contribution in [3.05, 3.63) is 36.5 Å². The number of esters is 2. The van der Waals surface area contributed by atoms with Gasteiger partial charge in [-0.1, -0.05) is 121 Å². The lowest BCUT2D eigenvalue weighted by atomic mass is 10.1. The number of hydrogen-bond acceptors (Lipinski definition) is 5. The zero-order chi connectivity index (χ0) is 26.5. The molecule has 1 N–H and O–H groups in total. The Kier molecular flexibility index (Phi) is 26.3. The molecule has 0 heterocycles. The molecule has 0 aliphatic carbocycles. The van der Waals surface area contributed by atoms with Crippen LogP contribution in [0.15, 0.2) is 36.5 Å². The molecule has 0 aliphatic heterocycles. The number of aliphatic hydroxyl groups is 1. The van der Waals surface area contributed by atoms with Gasteiger partial charge in [0, 0.05) is 12.8 Å². The van der Waals surface area contributed by atoms with Gasteiger partial charge in [0.1, 0.15) is 6.61 Å². The number of carbonyl (C=O) groups excluding carboxylic acids is 2. The van der Waals surface area contributed by atoms with E-state index in [0.29, 0.717) is 12.8 Å². The SMILES string of the molecule is CC/C=C/C=C/C=C/CCCCCCCC(=O)OCC(CO)OC(=O)CCCCCCCCCCC. The summed E-state index contributed by atoms with van der Waals surface area (Å²) in [4.78, 5) is 23.9. The molecule has 0 fully saturated rings. The van der Waals surface area contributed by atoms with E-state index in [4.69, 9.17) is 9.47 Å². The highest BCUT2D eigenvalue weighted by Crippen LogP contribution is 2.12. The summed E-state index contributed by atoms with van der Waals surface area (Å²) in [6.45, 7) is 3.93. The molecule has 0 radical (unpaired) electrons. The summed E-state index contributed by atoms with van der Waals surface area (Å²) in [6.07, 6.45) is 30.5. The first-order valence-electron chi connectivity index (χ1n) is 14.6. The third kappa shape index (κ3) is 25.2. The van der Waals surface area contributed by atoms with Crippen LogP contribution in [-0.4, -0.2) is 36.4 Å². The summed E-state index contributed by atoms with van der Waals surface area (Å²) in [7, 11) is 0. The molecule has 0 aromatic heterocycles. The van der Waals surface area contributed by atoms with Gasteiger partial charge >= 0.3 is 11.9 Å². The van der Waals surface area contributed by atoms with Crippen LogP contribution in [0.4, 0.5) is 0 Å². The molecule has 0 aromatic carbocycles. The van der Waals surface area contributed by atoms with Gasteiger partial charge in [-0.05, 0) is 32.1 Å². The molecular formula is C31H54O5. The Bertz CT molecular complexity index is 594. The van der Waals surface area contributed by atoms with Gasteiger partial charge in [-0.25, -0.2) is 0 Å². The molecule has 0 aliphatic rings. The van der Waals surface area contributed by atoms with Crippen molar-refractivity contribution in [2.24, 2.45) is 0 Å². The molecule has 208 valence electrons. The summed E-state index contributed by atoms with van der Waals surface area (Å²) in [5.74, 6) is -0.623. The molecule has 0 bridgehead atoms. The lowest BCUT2D eigenvalue weighted by molar-refractivity contribution is -0.161. The van der Waals surface area contributed by atoms with E-state index in [0.717, 1.165) is 64.2 Å². The van der Waals surface area contributed by atoms with Crippen LogP contribution < -0.4 is 0 Å². The highest BCUT2D eigenvalue weighted by molar-refractivity contribution is 5.70. The third-order valence-corrected chi connectivity index (χ3v) is 6.01. The number of carbonyl (C=O) groups is 2. The minimum atomic E-state index is -0.773. The normalized spacial score (nSPS) is 12.6. The van der Waals surface area contributed by atoms with Crippen molar-refractivity contribution in [2.45, 2.75) is 136 Å². The Hall–Kier alpha value is -1.88. The van der Waals surface area contributed by atoms with Crippen LogP contribution in [0, 0.1) is 0 Å². The third-order valence-electron chi connectivity index (χ3n) is 6.01. The Morgan fingerprint density at radius 1 is 0.667 bits per heavy atom. The van der Waals surface area contributed by atoms with Gasteiger partial charge in [-0.2, -0.15) is 0 Å². The number of ether oxygens (including phenoxy) is 2. The summed E-state index contributed by atoms with van der Waals surface area (Å²) in [5, 5.41) is 9.44. The Balaban J connectivity index is 3.66. The molecule has 0 spiro atoms. The topological polar surface area (TPSA) is 72.8 Å². The number of hydrogen-bond donors (Lipinski definition) is 1. The van der Waals surface area contributed by atoms with E-state index < -0.39 is 6.10 Å². The molecule has 0 amide bonds. The molecule has 0 rings (SSSR count). The number of aliphatic hydroxyl groups excluding tert-OH is 1. The van der Waals surface area contributed by atoms with Gasteiger partial charge in [0.25, 0.3) is 0 Å². The molecule has 0 saturated carbocycles. The fraction of sp³-hybridized carbons (Fsp3) is 0.742. The maximum absolute atomic E-state index is 12.0. The van der Waals surface area contributed by atoms with E-state index in [2.05, 4.69) is 44.2 Å². The Labute approximate surface area is 221 Å². The van der Waals surface area contributed by atoms with Gasteiger partial charge in [-0.15, -0.1) is 0 Å². The second-order valence-corrected chi connectivity index (χ2v) is 9.51. The maximum atomic E-state index is 12.0. The number of unbranched alkanes of at least 4 members (excludes halogenated alkanes) is 13. The van der Waals surface area contributed by atoms with Gasteiger partial charge in [0.05, 0.1) is 6.61 Å². The quantitative estimate of drug-likeness (QED) is 0.0768. The van der Waals surface area contributed by atoms with Crippen molar-refractivity contribution in [1.29, 1.82) is 0 Å². The van der Waals surface area contributed by atoms with Gasteiger partial charge in [-0.3, -0.25) is 9.59 Å². The summed E-state index contributed by atoms with van der Waals surface area (Å²) in [5.41, 5.74) is 0. The maximum Gasteiger partial charge on any atom is 0.306 e. The monoisotopic (exact) mass is 506 g/mol. The van der Waals surface area contributed by atoms with Gasteiger partial charge in [0.2, 0.25) is 0 Å². The average Bonchev–Trinajstić information content (AvgIpc) is 2.88. The van der Waals surface area contributed by atoms with Crippen molar-refractivity contribution >= 4 is 11.9 Å². The van der Waals surface area contributed by atoms with Crippen LogP contribution in [0.25, 0.3) is 0 Å². The standard InChI is InChI=1S/C31H54O5/c1-3-5-7-9-11-13-14-15-16-18-19-21-23-25-30(33)35-28-29(27-32)36-31(34)26-24-22-20-17-12-10-8-6-4-2/h5,7,9,11,13-14,29,32H,3-4,6,8,10,12,15-28H2,1-2H3/b7-5+,11-9+,14-13+. The molecule has 36 heavy (non-hydrogen) atoms. The zero-order valence-electron chi connectivity index (χ0n) is 23.3.